The van der Waals surface area contributed by atoms with Gasteiger partial charge in [0.1, 0.15) is 0 Å². The van der Waals surface area contributed by atoms with Gasteiger partial charge in [-0.3, -0.25) is 0 Å². The van der Waals surface area contributed by atoms with Crippen LogP contribution in [0.2, 0.25) is 0 Å². The highest BCUT2D eigenvalue weighted by atomic mass is 16.7. The predicted molar refractivity (Wildman–Crippen MR) is 76.5 cm³/mol. The molecule has 0 saturated carbocycles. The fraction of sp³-hybridized carbons (Fsp3) is 0.294. The molecule has 100 valence electrons. The molecule has 0 heterocycles. The highest BCUT2D eigenvalue weighted by molar-refractivity contribution is 5.14. The fourth-order valence-corrected chi connectivity index (χ4v) is 1.70. The number of benzene rings is 2. The second kappa shape index (κ2) is 6.50. The van der Waals surface area contributed by atoms with E-state index < -0.39 is 5.79 Å². The summed E-state index contributed by atoms with van der Waals surface area (Å²) in [4.78, 5) is 0. The third-order valence-electron chi connectivity index (χ3n) is 2.86. The molecule has 0 unspecified atom stereocenters. The topological polar surface area (TPSA) is 18.5 Å². The Morgan fingerprint density at radius 1 is 0.684 bits per heavy atom. The zero-order valence-corrected chi connectivity index (χ0v) is 11.5. The van der Waals surface area contributed by atoms with Gasteiger partial charge >= 0.3 is 0 Å². The lowest BCUT2D eigenvalue weighted by Crippen LogP contribution is -2.28. The number of rotatable bonds is 6. The van der Waals surface area contributed by atoms with Crippen LogP contribution in [0.5, 0.6) is 0 Å². The molecule has 0 spiro atoms. The van der Waals surface area contributed by atoms with Gasteiger partial charge in [0.15, 0.2) is 5.79 Å². The molecule has 2 aromatic carbocycles. The maximum Gasteiger partial charge on any atom is 0.163 e. The van der Waals surface area contributed by atoms with Crippen LogP contribution in [0.15, 0.2) is 60.7 Å². The van der Waals surface area contributed by atoms with Crippen LogP contribution in [0.4, 0.5) is 0 Å². The van der Waals surface area contributed by atoms with E-state index in [1.807, 2.05) is 74.5 Å². The molecule has 2 rings (SSSR count). The van der Waals surface area contributed by atoms with E-state index in [1.54, 1.807) is 0 Å². The van der Waals surface area contributed by atoms with Gasteiger partial charge < -0.3 is 9.47 Å². The van der Waals surface area contributed by atoms with E-state index in [-0.39, 0.29) is 0 Å². The smallest absolute Gasteiger partial charge is 0.163 e. The molecule has 0 atom stereocenters. The van der Waals surface area contributed by atoms with Gasteiger partial charge in [-0.05, 0) is 25.0 Å². The minimum absolute atomic E-state index is 0.558. The molecule has 0 aliphatic carbocycles. The van der Waals surface area contributed by atoms with E-state index >= 15 is 0 Å². The lowest BCUT2D eigenvalue weighted by molar-refractivity contribution is -0.226. The molecule has 0 fully saturated rings. The maximum absolute atomic E-state index is 5.82. The van der Waals surface area contributed by atoms with Crippen molar-refractivity contribution < 1.29 is 9.47 Å². The van der Waals surface area contributed by atoms with Gasteiger partial charge in [-0.15, -0.1) is 0 Å². The van der Waals surface area contributed by atoms with Crippen molar-refractivity contribution in [1.82, 2.24) is 0 Å². The Kier molecular flexibility index (Phi) is 4.72. The van der Waals surface area contributed by atoms with E-state index in [4.69, 9.17) is 9.47 Å². The van der Waals surface area contributed by atoms with Crippen LogP contribution in [0.3, 0.4) is 0 Å². The Morgan fingerprint density at radius 2 is 1.05 bits per heavy atom. The van der Waals surface area contributed by atoms with Crippen molar-refractivity contribution in [1.29, 1.82) is 0 Å². The van der Waals surface area contributed by atoms with E-state index in [0.29, 0.717) is 13.2 Å². The zero-order chi connectivity index (χ0) is 13.6. The van der Waals surface area contributed by atoms with Gasteiger partial charge in [0.25, 0.3) is 0 Å². The first kappa shape index (κ1) is 13.8. The van der Waals surface area contributed by atoms with E-state index in [2.05, 4.69) is 0 Å². The van der Waals surface area contributed by atoms with Crippen LogP contribution >= 0.6 is 0 Å². The molecule has 2 heteroatoms. The maximum atomic E-state index is 5.82. The Bertz CT molecular complexity index is 432. The van der Waals surface area contributed by atoms with Crippen molar-refractivity contribution in [3.63, 3.8) is 0 Å². The fourth-order valence-electron chi connectivity index (χ4n) is 1.70. The molecule has 19 heavy (non-hydrogen) atoms. The van der Waals surface area contributed by atoms with Crippen molar-refractivity contribution >= 4 is 0 Å². The average molecular weight is 256 g/mol. The third kappa shape index (κ3) is 4.86. The molecule has 0 aliphatic rings. The summed E-state index contributed by atoms with van der Waals surface area (Å²) in [6.07, 6.45) is 0. The van der Waals surface area contributed by atoms with Gasteiger partial charge in [-0.1, -0.05) is 60.7 Å². The number of hydrogen-bond acceptors (Lipinski definition) is 2. The summed E-state index contributed by atoms with van der Waals surface area (Å²) in [5.74, 6) is -0.592. The Hall–Kier alpha value is -1.64. The highest BCUT2D eigenvalue weighted by Crippen LogP contribution is 2.17. The van der Waals surface area contributed by atoms with Crippen molar-refractivity contribution in [2.75, 3.05) is 0 Å². The quantitative estimate of drug-likeness (QED) is 0.723. The third-order valence-corrected chi connectivity index (χ3v) is 2.86. The number of ether oxygens (including phenoxy) is 2. The highest BCUT2D eigenvalue weighted by Gasteiger charge is 2.18. The van der Waals surface area contributed by atoms with Crippen LogP contribution in [0.25, 0.3) is 0 Å². The SMILES string of the molecule is CC(C)(OCc1ccccc1)OCc1ccccc1. The van der Waals surface area contributed by atoms with Crippen molar-refractivity contribution in [2.45, 2.75) is 32.8 Å². The zero-order valence-electron chi connectivity index (χ0n) is 11.5. The summed E-state index contributed by atoms with van der Waals surface area (Å²) in [6, 6.07) is 20.2. The molecular weight excluding hydrogens is 236 g/mol. The second-order valence-corrected chi connectivity index (χ2v) is 4.95. The lowest BCUT2D eigenvalue weighted by atomic mass is 10.2. The minimum atomic E-state index is -0.592. The number of hydrogen-bond donors (Lipinski definition) is 0. The molecule has 0 radical (unpaired) electrons. The van der Waals surface area contributed by atoms with E-state index in [0.717, 1.165) is 11.1 Å². The van der Waals surface area contributed by atoms with Crippen LogP contribution < -0.4 is 0 Å². The van der Waals surface area contributed by atoms with Gasteiger partial charge in [0.05, 0.1) is 13.2 Å². The summed E-state index contributed by atoms with van der Waals surface area (Å²) >= 11 is 0. The van der Waals surface area contributed by atoms with Gasteiger partial charge in [0.2, 0.25) is 0 Å². The summed E-state index contributed by atoms with van der Waals surface area (Å²) in [7, 11) is 0. The molecule has 0 N–H and O–H groups in total. The van der Waals surface area contributed by atoms with Crippen molar-refractivity contribution in [3.05, 3.63) is 71.8 Å². The van der Waals surface area contributed by atoms with Crippen LogP contribution in [0, 0.1) is 0 Å². The summed E-state index contributed by atoms with van der Waals surface area (Å²) in [5.41, 5.74) is 2.30. The molecule has 0 saturated heterocycles. The molecule has 2 nitrogen and oxygen atoms in total. The van der Waals surface area contributed by atoms with Crippen LogP contribution in [0.1, 0.15) is 25.0 Å². The van der Waals surface area contributed by atoms with E-state index in [1.165, 1.54) is 0 Å². The largest absolute Gasteiger partial charge is 0.346 e. The molecular formula is C17H20O2. The predicted octanol–water partition coefficient (Wildman–Crippen LogP) is 4.16. The molecule has 2 aromatic rings. The molecule has 0 amide bonds. The first-order valence-electron chi connectivity index (χ1n) is 6.51. The monoisotopic (exact) mass is 256 g/mol. The summed E-state index contributed by atoms with van der Waals surface area (Å²) < 4.78 is 11.6. The van der Waals surface area contributed by atoms with Crippen LogP contribution in [-0.4, -0.2) is 5.79 Å². The van der Waals surface area contributed by atoms with Crippen LogP contribution in [-0.2, 0) is 22.7 Å². The average Bonchev–Trinajstić information content (AvgIpc) is 2.46. The first-order valence-corrected chi connectivity index (χ1v) is 6.51. The van der Waals surface area contributed by atoms with Gasteiger partial charge in [0, 0.05) is 0 Å². The lowest BCUT2D eigenvalue weighted by Gasteiger charge is -2.26. The Morgan fingerprint density at radius 3 is 1.42 bits per heavy atom. The van der Waals surface area contributed by atoms with Gasteiger partial charge in [-0.2, -0.15) is 0 Å². The summed E-state index contributed by atoms with van der Waals surface area (Å²) in [6.45, 7) is 5.00. The van der Waals surface area contributed by atoms with Gasteiger partial charge in [-0.25, -0.2) is 0 Å². The first-order chi connectivity index (χ1) is 9.16. The van der Waals surface area contributed by atoms with Crippen molar-refractivity contribution in [3.8, 4) is 0 Å². The van der Waals surface area contributed by atoms with E-state index in [9.17, 15) is 0 Å². The van der Waals surface area contributed by atoms with Crippen molar-refractivity contribution in [2.24, 2.45) is 0 Å². The molecule has 0 aliphatic heterocycles. The normalized spacial score (nSPS) is 11.5. The molecule has 0 aromatic heterocycles. The second-order valence-electron chi connectivity index (χ2n) is 4.95. The Balaban J connectivity index is 1.82. The molecule has 0 bridgehead atoms. The Labute approximate surface area is 115 Å². The standard InChI is InChI=1S/C17H20O2/c1-17(2,18-13-15-9-5-3-6-10-15)19-14-16-11-7-4-8-12-16/h3-12H,13-14H2,1-2H3. The summed E-state index contributed by atoms with van der Waals surface area (Å²) in [5, 5.41) is 0. The minimum Gasteiger partial charge on any atom is -0.346 e.